The lowest BCUT2D eigenvalue weighted by Crippen LogP contribution is -2.52. The van der Waals surface area contributed by atoms with Crippen molar-refractivity contribution in [1.29, 1.82) is 0 Å². The largest absolute Gasteiger partial charge is 0.319 e. The van der Waals surface area contributed by atoms with E-state index in [1.54, 1.807) is 0 Å². The van der Waals surface area contributed by atoms with Gasteiger partial charge in [-0.1, -0.05) is 20.8 Å². The van der Waals surface area contributed by atoms with Crippen molar-refractivity contribution in [2.75, 3.05) is 5.06 Å². The molecule has 0 bridgehead atoms. The molecule has 0 aliphatic heterocycles. The monoisotopic (exact) mass is 307 g/mol. The molecule has 0 spiro atoms. The Morgan fingerprint density at radius 1 is 1.00 bits per heavy atom. The summed E-state index contributed by atoms with van der Waals surface area (Å²) >= 11 is 0. The van der Waals surface area contributed by atoms with Gasteiger partial charge >= 0.3 is 0 Å². The van der Waals surface area contributed by atoms with E-state index in [0.717, 1.165) is 12.0 Å². The second-order valence-electron chi connectivity index (χ2n) is 8.03. The molecule has 0 saturated carbocycles. The molecule has 0 aliphatic carbocycles. The summed E-state index contributed by atoms with van der Waals surface area (Å²) in [6, 6.07) is 7.55. The van der Waals surface area contributed by atoms with E-state index in [9.17, 15) is 4.79 Å². The maximum atomic E-state index is 10.8. The van der Waals surface area contributed by atoms with Gasteiger partial charge in [-0.25, -0.2) is 0 Å². The Labute approximate surface area is 130 Å². The summed E-state index contributed by atoms with van der Waals surface area (Å²) in [6.07, 6.45) is 0.861. The number of hydrogen-bond donors (Lipinski definition) is 0. The highest BCUT2D eigenvalue weighted by molar-refractivity contribution is 6.74. The molecule has 0 N–H and O–H groups in total. The molecule has 0 heterocycles. The normalized spacial score (nSPS) is 13.1. The molecule has 0 amide bonds. The fraction of sp³-hybridized carbons (Fsp3) is 0.588. The molecule has 0 unspecified atom stereocenters. The minimum absolute atomic E-state index is 0.138. The van der Waals surface area contributed by atoms with Gasteiger partial charge in [0, 0.05) is 5.56 Å². The van der Waals surface area contributed by atoms with Crippen LogP contribution in [0.25, 0.3) is 0 Å². The summed E-state index contributed by atoms with van der Waals surface area (Å²) in [5.41, 5.74) is 1.51. The second-order valence-corrected chi connectivity index (χ2v) is 12.7. The van der Waals surface area contributed by atoms with Gasteiger partial charge in [0.2, 0.25) is 8.32 Å². The van der Waals surface area contributed by atoms with Crippen LogP contribution in [0, 0.1) is 0 Å². The number of benzene rings is 1. The van der Waals surface area contributed by atoms with Crippen LogP contribution in [0.5, 0.6) is 0 Å². The molecule has 4 heteroatoms. The van der Waals surface area contributed by atoms with Gasteiger partial charge in [-0.05, 0) is 63.2 Å². The lowest BCUT2D eigenvalue weighted by Gasteiger charge is -2.45. The van der Waals surface area contributed by atoms with Crippen LogP contribution in [0.2, 0.25) is 18.1 Å². The number of hydroxylamine groups is 1. The van der Waals surface area contributed by atoms with Gasteiger partial charge < -0.3 is 4.53 Å². The van der Waals surface area contributed by atoms with Crippen molar-refractivity contribution < 1.29 is 9.32 Å². The minimum Gasteiger partial charge on any atom is -0.319 e. The Balaban J connectivity index is 3.15. The van der Waals surface area contributed by atoms with Gasteiger partial charge in [0.25, 0.3) is 0 Å². The van der Waals surface area contributed by atoms with Gasteiger partial charge in [0.05, 0.1) is 11.2 Å². The summed E-state index contributed by atoms with van der Waals surface area (Å²) < 4.78 is 6.51. The Bertz CT molecular complexity index is 481. The van der Waals surface area contributed by atoms with Gasteiger partial charge in [0.1, 0.15) is 6.29 Å². The van der Waals surface area contributed by atoms with E-state index in [1.807, 2.05) is 29.3 Å². The molecular formula is C17H29NO2Si. The first-order valence-corrected chi connectivity index (χ1v) is 10.3. The predicted octanol–water partition coefficient (Wildman–Crippen LogP) is 5.04. The summed E-state index contributed by atoms with van der Waals surface area (Å²) in [6.45, 7) is 17.6. The molecule has 118 valence electrons. The first-order chi connectivity index (χ1) is 9.38. The molecular weight excluding hydrogens is 278 g/mol. The summed E-state index contributed by atoms with van der Waals surface area (Å²) in [5.74, 6) is 0. The third-order valence-corrected chi connectivity index (χ3v) is 8.25. The van der Waals surface area contributed by atoms with E-state index in [4.69, 9.17) is 4.53 Å². The number of rotatable bonds is 4. The van der Waals surface area contributed by atoms with Gasteiger partial charge in [-0.2, -0.15) is 0 Å². The summed E-state index contributed by atoms with van der Waals surface area (Å²) in [7, 11) is -1.93. The van der Waals surface area contributed by atoms with Gasteiger partial charge in [-0.3, -0.25) is 9.86 Å². The Kier molecular flexibility index (Phi) is 5.06. The second kappa shape index (κ2) is 5.93. The minimum atomic E-state index is -1.93. The third kappa shape index (κ3) is 4.42. The molecule has 1 rings (SSSR count). The number of anilines is 1. The Morgan fingerprint density at radius 3 is 1.81 bits per heavy atom. The van der Waals surface area contributed by atoms with Crippen LogP contribution in [0.1, 0.15) is 51.9 Å². The lowest BCUT2D eigenvalue weighted by atomic mass is 10.1. The van der Waals surface area contributed by atoms with E-state index >= 15 is 0 Å². The molecule has 0 aromatic heterocycles. The van der Waals surface area contributed by atoms with Crippen molar-refractivity contribution in [1.82, 2.24) is 0 Å². The summed E-state index contributed by atoms with van der Waals surface area (Å²) in [4.78, 5) is 10.8. The standard InChI is InChI=1S/C17H29NO2Si/c1-16(2,3)18(20-21(7,8)17(4,5)6)15-11-9-14(13-19)10-12-15/h9-13H,1-8H3. The van der Waals surface area contributed by atoms with Crippen molar-refractivity contribution in [2.24, 2.45) is 0 Å². The SMILES string of the molecule is CC(C)(C)N(O[Si](C)(C)C(C)(C)C)c1ccc(C=O)cc1. The van der Waals surface area contributed by atoms with Gasteiger partial charge in [0.15, 0.2) is 0 Å². The first-order valence-electron chi connectivity index (χ1n) is 7.43. The number of carbonyl (C=O) groups excluding carboxylic acids is 1. The zero-order valence-corrected chi connectivity index (χ0v) is 15.7. The highest BCUT2D eigenvalue weighted by atomic mass is 28.4. The van der Waals surface area contributed by atoms with Crippen molar-refractivity contribution in [3.63, 3.8) is 0 Å². The molecule has 1 aromatic carbocycles. The Hall–Kier alpha value is -1.13. The topological polar surface area (TPSA) is 29.5 Å². The van der Waals surface area contributed by atoms with E-state index in [-0.39, 0.29) is 10.6 Å². The highest BCUT2D eigenvalue weighted by Crippen LogP contribution is 2.39. The molecule has 3 nitrogen and oxygen atoms in total. The average molecular weight is 308 g/mol. The van der Waals surface area contributed by atoms with Crippen molar-refractivity contribution in [3.05, 3.63) is 29.8 Å². The Morgan fingerprint density at radius 2 is 1.48 bits per heavy atom. The van der Waals surface area contributed by atoms with Crippen molar-refractivity contribution in [3.8, 4) is 0 Å². The molecule has 0 aliphatic rings. The van der Waals surface area contributed by atoms with E-state index in [2.05, 4.69) is 54.6 Å². The van der Waals surface area contributed by atoms with Crippen molar-refractivity contribution in [2.45, 2.75) is 65.2 Å². The van der Waals surface area contributed by atoms with E-state index in [0.29, 0.717) is 5.56 Å². The number of nitrogens with zero attached hydrogens (tertiary/aromatic N) is 1. The highest BCUT2D eigenvalue weighted by Gasteiger charge is 2.41. The predicted molar refractivity (Wildman–Crippen MR) is 92.3 cm³/mol. The number of carbonyl (C=O) groups is 1. The van der Waals surface area contributed by atoms with Crippen LogP contribution in [-0.4, -0.2) is 20.1 Å². The molecule has 0 saturated heterocycles. The number of hydrogen-bond acceptors (Lipinski definition) is 3. The third-order valence-electron chi connectivity index (χ3n) is 4.00. The molecule has 21 heavy (non-hydrogen) atoms. The molecule has 0 atom stereocenters. The van der Waals surface area contributed by atoms with E-state index < -0.39 is 8.32 Å². The molecule has 0 fully saturated rings. The lowest BCUT2D eigenvalue weighted by molar-refractivity contribution is 0.112. The zero-order chi connectivity index (χ0) is 16.5. The summed E-state index contributed by atoms with van der Waals surface area (Å²) in [5, 5.41) is 2.14. The molecule has 1 aromatic rings. The van der Waals surface area contributed by atoms with Crippen LogP contribution in [-0.2, 0) is 4.53 Å². The van der Waals surface area contributed by atoms with Crippen LogP contribution in [0.4, 0.5) is 5.69 Å². The average Bonchev–Trinajstić information content (AvgIpc) is 2.33. The number of aldehydes is 1. The van der Waals surface area contributed by atoms with E-state index in [1.165, 1.54) is 0 Å². The van der Waals surface area contributed by atoms with Crippen LogP contribution < -0.4 is 5.06 Å². The smallest absolute Gasteiger partial charge is 0.228 e. The zero-order valence-electron chi connectivity index (χ0n) is 14.7. The van der Waals surface area contributed by atoms with Crippen LogP contribution >= 0.6 is 0 Å². The first kappa shape index (κ1) is 17.9. The maximum Gasteiger partial charge on any atom is 0.228 e. The fourth-order valence-electron chi connectivity index (χ4n) is 1.63. The van der Waals surface area contributed by atoms with Crippen LogP contribution in [0.15, 0.2) is 24.3 Å². The maximum absolute atomic E-state index is 10.8. The molecule has 0 radical (unpaired) electrons. The van der Waals surface area contributed by atoms with Crippen LogP contribution in [0.3, 0.4) is 0 Å². The van der Waals surface area contributed by atoms with Crippen molar-refractivity contribution >= 4 is 20.3 Å². The van der Waals surface area contributed by atoms with Gasteiger partial charge in [-0.15, -0.1) is 0 Å². The fourth-order valence-corrected chi connectivity index (χ4v) is 2.74. The quantitative estimate of drug-likeness (QED) is 0.443.